The van der Waals surface area contributed by atoms with Crippen molar-refractivity contribution in [1.29, 1.82) is 0 Å². The third kappa shape index (κ3) is 2.36. The summed E-state index contributed by atoms with van der Waals surface area (Å²) in [4.78, 5) is 11.3. The maximum absolute atomic E-state index is 11.3. The molecular weight excluding hydrogens is 192 g/mol. The first-order valence-corrected chi connectivity index (χ1v) is 5.16. The summed E-state index contributed by atoms with van der Waals surface area (Å²) < 4.78 is 0. The first-order chi connectivity index (χ1) is 7.11. The van der Waals surface area contributed by atoms with Gasteiger partial charge in [-0.3, -0.25) is 9.89 Å². The van der Waals surface area contributed by atoms with Gasteiger partial charge in [-0.05, 0) is 26.3 Å². The first-order valence-electron chi connectivity index (χ1n) is 5.16. The van der Waals surface area contributed by atoms with Gasteiger partial charge in [0.1, 0.15) is 0 Å². The van der Waals surface area contributed by atoms with Gasteiger partial charge in [0.2, 0.25) is 0 Å². The van der Waals surface area contributed by atoms with Crippen LogP contribution in [0.2, 0.25) is 0 Å². The van der Waals surface area contributed by atoms with E-state index < -0.39 is 5.91 Å². The summed E-state index contributed by atoms with van der Waals surface area (Å²) in [7, 11) is 0. The van der Waals surface area contributed by atoms with Crippen LogP contribution in [0.3, 0.4) is 0 Å². The zero-order valence-corrected chi connectivity index (χ0v) is 9.21. The largest absolute Gasteiger partial charge is 0.365 e. The van der Waals surface area contributed by atoms with Crippen molar-refractivity contribution in [2.75, 3.05) is 6.54 Å². The van der Waals surface area contributed by atoms with Crippen molar-refractivity contribution < 1.29 is 4.79 Å². The summed E-state index contributed by atoms with van der Waals surface area (Å²) in [5.41, 5.74) is 12.8. The molecule has 0 aliphatic rings. The SMILES string of the molecule is CCC(CCN)c1n[nH]c(C)c1C(N)=O. The highest BCUT2D eigenvalue weighted by atomic mass is 16.1. The molecule has 84 valence electrons. The van der Waals surface area contributed by atoms with E-state index in [0.29, 0.717) is 12.1 Å². The molecular formula is C10H18N4O. The third-order valence-electron chi connectivity index (χ3n) is 2.62. The third-order valence-corrected chi connectivity index (χ3v) is 2.62. The Labute approximate surface area is 89.2 Å². The van der Waals surface area contributed by atoms with E-state index in [1.54, 1.807) is 6.92 Å². The minimum Gasteiger partial charge on any atom is -0.365 e. The fourth-order valence-electron chi connectivity index (χ4n) is 1.79. The van der Waals surface area contributed by atoms with Crippen LogP contribution in [0.5, 0.6) is 0 Å². The maximum atomic E-state index is 11.3. The number of nitrogens with two attached hydrogens (primary N) is 2. The number of aromatic amines is 1. The molecule has 5 N–H and O–H groups in total. The molecule has 0 aliphatic carbocycles. The van der Waals surface area contributed by atoms with E-state index in [0.717, 1.165) is 24.2 Å². The quantitative estimate of drug-likeness (QED) is 0.665. The van der Waals surface area contributed by atoms with Gasteiger partial charge in [0.05, 0.1) is 11.3 Å². The lowest BCUT2D eigenvalue weighted by atomic mass is 9.94. The summed E-state index contributed by atoms with van der Waals surface area (Å²) in [5.74, 6) is -0.214. The number of rotatable bonds is 5. The van der Waals surface area contributed by atoms with E-state index in [4.69, 9.17) is 11.5 Å². The minimum absolute atomic E-state index is 0.211. The Morgan fingerprint density at radius 1 is 1.60 bits per heavy atom. The van der Waals surface area contributed by atoms with Gasteiger partial charge in [0, 0.05) is 11.6 Å². The average molecular weight is 210 g/mol. The Morgan fingerprint density at radius 3 is 2.73 bits per heavy atom. The van der Waals surface area contributed by atoms with Crippen LogP contribution in [0, 0.1) is 6.92 Å². The molecule has 5 heteroatoms. The monoisotopic (exact) mass is 210 g/mol. The number of hydrogen-bond donors (Lipinski definition) is 3. The molecule has 0 radical (unpaired) electrons. The molecule has 0 aliphatic heterocycles. The van der Waals surface area contributed by atoms with Gasteiger partial charge in [0.15, 0.2) is 0 Å². The summed E-state index contributed by atoms with van der Waals surface area (Å²) in [5, 5.41) is 6.95. The van der Waals surface area contributed by atoms with Crippen LogP contribution < -0.4 is 11.5 Å². The van der Waals surface area contributed by atoms with Gasteiger partial charge in [-0.1, -0.05) is 6.92 Å². The lowest BCUT2D eigenvalue weighted by Gasteiger charge is -2.11. The van der Waals surface area contributed by atoms with Crippen molar-refractivity contribution in [3.05, 3.63) is 17.0 Å². The summed E-state index contributed by atoms with van der Waals surface area (Å²) in [6, 6.07) is 0. The number of hydrogen-bond acceptors (Lipinski definition) is 3. The van der Waals surface area contributed by atoms with Crippen LogP contribution in [0.1, 0.15) is 47.4 Å². The molecule has 1 heterocycles. The van der Waals surface area contributed by atoms with Gasteiger partial charge in [-0.15, -0.1) is 0 Å². The van der Waals surface area contributed by atoms with E-state index in [-0.39, 0.29) is 5.92 Å². The number of nitrogens with zero attached hydrogens (tertiary/aromatic N) is 1. The first kappa shape index (κ1) is 11.7. The molecule has 0 saturated carbocycles. The lowest BCUT2D eigenvalue weighted by Crippen LogP contribution is -2.16. The fourth-order valence-corrected chi connectivity index (χ4v) is 1.79. The van der Waals surface area contributed by atoms with Gasteiger partial charge in [0.25, 0.3) is 5.91 Å². The number of carbonyl (C=O) groups is 1. The standard InChI is InChI=1S/C10H18N4O/c1-3-7(4-5-11)9-8(10(12)15)6(2)13-14-9/h7H,3-5,11H2,1-2H3,(H2,12,15)(H,13,14). The number of amides is 1. The van der Waals surface area contributed by atoms with E-state index in [9.17, 15) is 4.79 Å². The number of aryl methyl sites for hydroxylation is 1. The molecule has 0 bridgehead atoms. The van der Waals surface area contributed by atoms with Crippen LogP contribution >= 0.6 is 0 Å². The van der Waals surface area contributed by atoms with Crippen molar-refractivity contribution >= 4 is 5.91 Å². The Kier molecular flexibility index (Phi) is 3.85. The Balaban J connectivity index is 3.06. The molecule has 1 atom stereocenters. The summed E-state index contributed by atoms with van der Waals surface area (Å²) in [6.45, 7) is 4.43. The van der Waals surface area contributed by atoms with Crippen LogP contribution in [-0.4, -0.2) is 22.6 Å². The predicted molar refractivity (Wildman–Crippen MR) is 58.5 cm³/mol. The highest BCUT2D eigenvalue weighted by molar-refractivity contribution is 5.95. The summed E-state index contributed by atoms with van der Waals surface area (Å²) >= 11 is 0. The van der Waals surface area contributed by atoms with Crippen LogP contribution in [0.25, 0.3) is 0 Å². The van der Waals surface area contributed by atoms with Crippen LogP contribution in [0.15, 0.2) is 0 Å². The fraction of sp³-hybridized carbons (Fsp3) is 0.600. The van der Waals surface area contributed by atoms with Gasteiger partial charge >= 0.3 is 0 Å². The lowest BCUT2D eigenvalue weighted by molar-refractivity contribution is 0.0998. The van der Waals surface area contributed by atoms with E-state index in [1.165, 1.54) is 0 Å². The second kappa shape index (κ2) is 4.93. The number of aromatic nitrogens is 2. The normalized spacial score (nSPS) is 12.7. The molecule has 0 fully saturated rings. The average Bonchev–Trinajstić information content (AvgIpc) is 2.56. The Hall–Kier alpha value is -1.36. The molecule has 0 aromatic carbocycles. The van der Waals surface area contributed by atoms with Gasteiger partial charge < -0.3 is 11.5 Å². The smallest absolute Gasteiger partial charge is 0.252 e. The van der Waals surface area contributed by atoms with E-state index >= 15 is 0 Å². The number of primary amides is 1. The molecule has 0 saturated heterocycles. The van der Waals surface area contributed by atoms with Gasteiger partial charge in [-0.2, -0.15) is 5.10 Å². The second-order valence-electron chi connectivity index (χ2n) is 3.66. The highest BCUT2D eigenvalue weighted by Gasteiger charge is 2.21. The topological polar surface area (TPSA) is 97.8 Å². The number of carbonyl (C=O) groups excluding carboxylic acids is 1. The van der Waals surface area contributed by atoms with Crippen molar-refractivity contribution in [1.82, 2.24) is 10.2 Å². The van der Waals surface area contributed by atoms with Crippen LogP contribution in [-0.2, 0) is 0 Å². The van der Waals surface area contributed by atoms with Gasteiger partial charge in [-0.25, -0.2) is 0 Å². The molecule has 1 rings (SSSR count). The van der Waals surface area contributed by atoms with Crippen molar-refractivity contribution in [3.8, 4) is 0 Å². The number of nitrogens with one attached hydrogen (secondary N) is 1. The Bertz CT molecular complexity index is 345. The van der Waals surface area contributed by atoms with Crippen molar-refractivity contribution in [2.45, 2.75) is 32.6 Å². The zero-order chi connectivity index (χ0) is 11.4. The van der Waals surface area contributed by atoms with Crippen molar-refractivity contribution in [2.24, 2.45) is 11.5 Å². The molecule has 5 nitrogen and oxygen atoms in total. The maximum Gasteiger partial charge on any atom is 0.252 e. The molecule has 1 aromatic rings. The van der Waals surface area contributed by atoms with E-state index in [1.807, 2.05) is 0 Å². The highest BCUT2D eigenvalue weighted by Crippen LogP contribution is 2.25. The zero-order valence-electron chi connectivity index (χ0n) is 9.21. The molecule has 1 unspecified atom stereocenters. The second-order valence-corrected chi connectivity index (χ2v) is 3.66. The van der Waals surface area contributed by atoms with Crippen LogP contribution in [0.4, 0.5) is 0 Å². The van der Waals surface area contributed by atoms with Crippen molar-refractivity contribution in [3.63, 3.8) is 0 Å². The minimum atomic E-state index is -0.424. The van der Waals surface area contributed by atoms with E-state index in [2.05, 4.69) is 17.1 Å². The molecule has 0 spiro atoms. The molecule has 1 amide bonds. The molecule has 1 aromatic heterocycles. The summed E-state index contributed by atoms with van der Waals surface area (Å²) in [6.07, 6.45) is 1.73. The molecule has 15 heavy (non-hydrogen) atoms. The number of H-pyrrole nitrogens is 1. The predicted octanol–water partition coefficient (Wildman–Crippen LogP) is 0.659. The Morgan fingerprint density at radius 2 is 2.27 bits per heavy atom.